The summed E-state index contributed by atoms with van der Waals surface area (Å²) in [6.07, 6.45) is 1.22. The van der Waals surface area contributed by atoms with Crippen molar-refractivity contribution in [1.29, 1.82) is 0 Å². The Morgan fingerprint density at radius 1 is 1.83 bits per heavy atom. The highest BCUT2D eigenvalue weighted by Gasteiger charge is 2.39. The lowest BCUT2D eigenvalue weighted by molar-refractivity contribution is 0.686. The van der Waals surface area contributed by atoms with E-state index in [1.807, 2.05) is 11.7 Å². The molecule has 1 aromatic heterocycles. The summed E-state index contributed by atoms with van der Waals surface area (Å²) in [4.78, 5) is 0. The fourth-order valence-corrected chi connectivity index (χ4v) is 2.14. The zero-order valence-corrected chi connectivity index (χ0v) is 8.58. The number of rotatable bonds is 2. The smallest absolute Gasteiger partial charge is 0.128 e. The number of halogens is 1. The topological polar surface area (TPSA) is 43.8 Å². The van der Waals surface area contributed by atoms with Crippen LogP contribution in [-0.4, -0.2) is 16.3 Å². The van der Waals surface area contributed by atoms with E-state index >= 15 is 0 Å². The van der Waals surface area contributed by atoms with Crippen molar-refractivity contribution in [1.82, 2.24) is 9.78 Å². The van der Waals surface area contributed by atoms with E-state index in [2.05, 4.69) is 27.1 Å². The van der Waals surface area contributed by atoms with Gasteiger partial charge in [-0.2, -0.15) is 5.10 Å². The van der Waals surface area contributed by atoms with E-state index in [-0.39, 0.29) is 0 Å². The molecule has 1 aliphatic rings. The first kappa shape index (κ1) is 8.26. The van der Waals surface area contributed by atoms with Crippen molar-refractivity contribution < 1.29 is 0 Å². The van der Waals surface area contributed by atoms with Crippen LogP contribution in [0.1, 0.15) is 18.0 Å². The molecular formula is C8H12BrN3. The largest absolute Gasteiger partial charge is 0.330 e. The van der Waals surface area contributed by atoms with Gasteiger partial charge >= 0.3 is 0 Å². The zero-order chi connectivity index (χ0) is 8.72. The Balaban J connectivity index is 2.19. The summed E-state index contributed by atoms with van der Waals surface area (Å²) in [6, 6.07) is 2.08. The molecule has 1 aliphatic carbocycles. The van der Waals surface area contributed by atoms with E-state index in [0.29, 0.717) is 11.8 Å². The van der Waals surface area contributed by atoms with Crippen molar-refractivity contribution >= 4 is 15.9 Å². The Kier molecular flexibility index (Phi) is 1.96. The van der Waals surface area contributed by atoms with Gasteiger partial charge in [-0.25, -0.2) is 0 Å². The minimum absolute atomic E-state index is 0.652. The summed E-state index contributed by atoms with van der Waals surface area (Å²) in [6.45, 7) is 0.799. The van der Waals surface area contributed by atoms with Gasteiger partial charge in [0.25, 0.3) is 0 Å². The zero-order valence-electron chi connectivity index (χ0n) is 7.00. The highest BCUT2D eigenvalue weighted by Crippen LogP contribution is 2.46. The first-order valence-corrected chi connectivity index (χ1v) is 4.91. The molecule has 0 spiro atoms. The molecule has 1 aromatic rings. The number of nitrogens with two attached hydrogens (primary N) is 1. The molecule has 0 aromatic carbocycles. The lowest BCUT2D eigenvalue weighted by Gasteiger charge is -1.97. The quantitative estimate of drug-likeness (QED) is 0.830. The van der Waals surface area contributed by atoms with Crippen LogP contribution in [0, 0.1) is 5.92 Å². The van der Waals surface area contributed by atoms with Crippen LogP contribution in [0.4, 0.5) is 0 Å². The van der Waals surface area contributed by atoms with E-state index < -0.39 is 0 Å². The molecule has 1 heterocycles. The van der Waals surface area contributed by atoms with Gasteiger partial charge in [-0.3, -0.25) is 4.68 Å². The van der Waals surface area contributed by atoms with Gasteiger partial charge in [0.2, 0.25) is 0 Å². The summed E-state index contributed by atoms with van der Waals surface area (Å²) in [5.41, 5.74) is 6.88. The third kappa shape index (κ3) is 1.29. The number of aryl methyl sites for hydroxylation is 1. The van der Waals surface area contributed by atoms with E-state index in [1.54, 1.807) is 0 Å². The molecule has 12 heavy (non-hydrogen) atoms. The molecule has 3 nitrogen and oxygen atoms in total. The maximum absolute atomic E-state index is 5.58. The second-order valence-corrected chi connectivity index (χ2v) is 4.17. The summed E-state index contributed by atoms with van der Waals surface area (Å²) in [7, 11) is 1.98. The molecule has 1 saturated carbocycles. The molecule has 2 N–H and O–H groups in total. The van der Waals surface area contributed by atoms with E-state index in [9.17, 15) is 0 Å². The average molecular weight is 230 g/mol. The Hall–Kier alpha value is -0.350. The fraction of sp³-hybridized carbons (Fsp3) is 0.625. The van der Waals surface area contributed by atoms with Crippen molar-refractivity contribution in [2.75, 3.05) is 6.54 Å². The molecule has 2 atom stereocenters. The third-order valence-electron chi connectivity index (χ3n) is 2.49. The summed E-state index contributed by atoms with van der Waals surface area (Å²) in [5, 5.41) is 4.23. The summed E-state index contributed by atoms with van der Waals surface area (Å²) < 4.78 is 2.85. The predicted octanol–water partition coefficient (Wildman–Crippen LogP) is 1.24. The van der Waals surface area contributed by atoms with Gasteiger partial charge in [-0.15, -0.1) is 0 Å². The molecule has 0 amide bonds. The minimum atomic E-state index is 0.652. The maximum atomic E-state index is 5.58. The molecule has 0 bridgehead atoms. The van der Waals surface area contributed by atoms with Gasteiger partial charge in [0.05, 0.1) is 0 Å². The number of nitrogens with zero attached hydrogens (tertiary/aromatic N) is 2. The third-order valence-corrected chi connectivity index (χ3v) is 2.88. The van der Waals surface area contributed by atoms with Crippen LogP contribution in [0.2, 0.25) is 0 Å². The van der Waals surface area contributed by atoms with Crippen molar-refractivity contribution in [3.8, 4) is 0 Å². The van der Waals surface area contributed by atoms with Gasteiger partial charge in [0.1, 0.15) is 4.60 Å². The predicted molar refractivity (Wildman–Crippen MR) is 50.8 cm³/mol. The molecule has 2 unspecified atom stereocenters. The van der Waals surface area contributed by atoms with Gasteiger partial charge in [0.15, 0.2) is 0 Å². The normalized spacial score (nSPS) is 27.6. The van der Waals surface area contributed by atoms with Crippen molar-refractivity contribution in [3.63, 3.8) is 0 Å². The molecule has 66 valence electrons. The molecule has 2 rings (SSSR count). The van der Waals surface area contributed by atoms with Gasteiger partial charge in [0, 0.05) is 18.7 Å². The van der Waals surface area contributed by atoms with Crippen LogP contribution in [0.5, 0.6) is 0 Å². The first-order chi connectivity index (χ1) is 5.72. The van der Waals surface area contributed by atoms with Gasteiger partial charge in [-0.1, -0.05) is 0 Å². The molecule has 0 radical (unpaired) electrons. The SMILES string of the molecule is Cn1nc(Br)cc1C1CC1CN. The van der Waals surface area contributed by atoms with Gasteiger partial charge in [-0.05, 0) is 40.9 Å². The Morgan fingerprint density at radius 2 is 2.58 bits per heavy atom. The number of hydrogen-bond donors (Lipinski definition) is 1. The van der Waals surface area contributed by atoms with E-state index in [1.165, 1.54) is 12.1 Å². The highest BCUT2D eigenvalue weighted by molar-refractivity contribution is 9.10. The van der Waals surface area contributed by atoms with E-state index in [0.717, 1.165) is 11.1 Å². The van der Waals surface area contributed by atoms with Crippen molar-refractivity contribution in [3.05, 3.63) is 16.4 Å². The summed E-state index contributed by atoms with van der Waals surface area (Å²) in [5.74, 6) is 1.34. The first-order valence-electron chi connectivity index (χ1n) is 4.12. The second-order valence-electron chi connectivity index (χ2n) is 3.35. The number of aromatic nitrogens is 2. The van der Waals surface area contributed by atoms with Crippen LogP contribution >= 0.6 is 15.9 Å². The second kappa shape index (κ2) is 2.85. The highest BCUT2D eigenvalue weighted by atomic mass is 79.9. The summed E-state index contributed by atoms with van der Waals surface area (Å²) >= 11 is 3.36. The molecule has 4 heteroatoms. The Bertz CT molecular complexity index is 294. The maximum Gasteiger partial charge on any atom is 0.128 e. The van der Waals surface area contributed by atoms with Crippen molar-refractivity contribution in [2.45, 2.75) is 12.3 Å². The monoisotopic (exact) mass is 229 g/mol. The van der Waals surface area contributed by atoms with Crippen LogP contribution in [0.3, 0.4) is 0 Å². The van der Waals surface area contributed by atoms with Gasteiger partial charge < -0.3 is 5.73 Å². The fourth-order valence-electron chi connectivity index (χ4n) is 1.66. The van der Waals surface area contributed by atoms with Crippen LogP contribution in [0.25, 0.3) is 0 Å². The average Bonchev–Trinajstić information content (AvgIpc) is 2.72. The van der Waals surface area contributed by atoms with Crippen LogP contribution < -0.4 is 5.73 Å². The Morgan fingerprint density at radius 3 is 3.00 bits per heavy atom. The van der Waals surface area contributed by atoms with E-state index in [4.69, 9.17) is 5.73 Å². The van der Waals surface area contributed by atoms with Crippen LogP contribution in [-0.2, 0) is 7.05 Å². The lowest BCUT2D eigenvalue weighted by atomic mass is 10.2. The molecule has 0 saturated heterocycles. The molecule has 1 fully saturated rings. The van der Waals surface area contributed by atoms with Crippen molar-refractivity contribution in [2.24, 2.45) is 18.7 Å². The molecular weight excluding hydrogens is 218 g/mol. The number of hydrogen-bond acceptors (Lipinski definition) is 2. The lowest BCUT2D eigenvalue weighted by Crippen LogP contribution is -2.04. The Labute approximate surface area is 80.1 Å². The van der Waals surface area contributed by atoms with Crippen LogP contribution in [0.15, 0.2) is 10.7 Å². The molecule has 0 aliphatic heterocycles. The minimum Gasteiger partial charge on any atom is -0.330 e. The standard InChI is InChI=1S/C8H12BrN3/c1-12-7(3-8(9)11-12)6-2-5(6)4-10/h3,5-6H,2,4,10H2,1H3.